The average molecular weight is 529 g/mol. The van der Waals surface area contributed by atoms with Crippen LogP contribution in [0.2, 0.25) is 0 Å². The number of benzene rings is 1. The van der Waals surface area contributed by atoms with E-state index in [1.807, 2.05) is 0 Å². The molecular weight excluding hydrogens is 505 g/mol. The van der Waals surface area contributed by atoms with Crippen molar-refractivity contribution in [3.63, 3.8) is 0 Å². The second kappa shape index (κ2) is 11.0. The van der Waals surface area contributed by atoms with Gasteiger partial charge in [-0.15, -0.1) is 0 Å². The standard InChI is InChI=1S/C18H23F3N4O7S2/c19-13-7-11(25-9-12(32-18(25)27)8-22-17(33)16(20)21)1-2-14(13)23-3-5-24(6-4-23)15(26)10-31-34(28,29)30/h1-2,7,12,16-17,22,33H,3-6,8-10H2,(H,28,29,30)/t12-,17?/m1/s1. The van der Waals surface area contributed by atoms with Crippen LogP contribution in [0.1, 0.15) is 0 Å². The molecule has 0 bridgehead atoms. The second-order valence-corrected chi connectivity index (χ2v) is 9.14. The minimum Gasteiger partial charge on any atom is -0.443 e. The molecule has 2 fully saturated rings. The third kappa shape index (κ3) is 6.88. The average Bonchev–Trinajstić information content (AvgIpc) is 3.15. The fourth-order valence-corrected chi connectivity index (χ4v) is 3.87. The van der Waals surface area contributed by atoms with Crippen molar-refractivity contribution in [1.82, 2.24) is 10.2 Å². The van der Waals surface area contributed by atoms with Gasteiger partial charge in [-0.25, -0.2) is 22.1 Å². The highest BCUT2D eigenvalue weighted by molar-refractivity contribution is 7.81. The smallest absolute Gasteiger partial charge is 0.414 e. The van der Waals surface area contributed by atoms with Crippen molar-refractivity contribution in [2.75, 3.05) is 55.7 Å². The van der Waals surface area contributed by atoms with Crippen molar-refractivity contribution in [3.05, 3.63) is 24.0 Å². The summed E-state index contributed by atoms with van der Waals surface area (Å²) >= 11 is 3.69. The molecule has 0 spiro atoms. The molecule has 3 rings (SSSR count). The number of thiol groups is 1. The number of amides is 2. The van der Waals surface area contributed by atoms with Gasteiger partial charge in [-0.05, 0) is 18.2 Å². The van der Waals surface area contributed by atoms with Gasteiger partial charge in [-0.1, -0.05) is 0 Å². The minimum absolute atomic E-state index is 0.0421. The van der Waals surface area contributed by atoms with E-state index in [0.717, 1.165) is 6.07 Å². The molecule has 0 aliphatic carbocycles. The van der Waals surface area contributed by atoms with Gasteiger partial charge in [-0.3, -0.25) is 19.6 Å². The van der Waals surface area contributed by atoms with Crippen LogP contribution in [-0.4, -0.2) is 93.6 Å². The molecule has 2 heterocycles. The van der Waals surface area contributed by atoms with Crippen molar-refractivity contribution < 1.29 is 44.7 Å². The van der Waals surface area contributed by atoms with Crippen molar-refractivity contribution in [1.29, 1.82) is 0 Å². The van der Waals surface area contributed by atoms with Gasteiger partial charge in [0.05, 0.1) is 17.9 Å². The minimum atomic E-state index is -4.73. The van der Waals surface area contributed by atoms with Gasteiger partial charge >= 0.3 is 16.5 Å². The highest BCUT2D eigenvalue weighted by Gasteiger charge is 2.33. The molecule has 2 aliphatic heterocycles. The quantitative estimate of drug-likeness (QED) is 0.241. The molecule has 2 aliphatic rings. The molecule has 2 atom stereocenters. The Morgan fingerprint density at radius 2 is 1.97 bits per heavy atom. The summed E-state index contributed by atoms with van der Waals surface area (Å²) in [5.74, 6) is -1.25. The second-order valence-electron chi connectivity index (χ2n) is 7.50. The van der Waals surface area contributed by atoms with Gasteiger partial charge in [-0.2, -0.15) is 21.0 Å². The zero-order chi connectivity index (χ0) is 25.0. The molecule has 0 aromatic heterocycles. The van der Waals surface area contributed by atoms with E-state index in [1.54, 1.807) is 4.90 Å². The summed E-state index contributed by atoms with van der Waals surface area (Å²) in [5, 5.41) is 1.09. The Labute approximate surface area is 199 Å². The van der Waals surface area contributed by atoms with Crippen molar-refractivity contribution in [3.8, 4) is 0 Å². The molecule has 0 radical (unpaired) electrons. The zero-order valence-electron chi connectivity index (χ0n) is 17.6. The third-order valence-electron chi connectivity index (χ3n) is 5.21. The molecule has 2 amide bonds. The number of ether oxygens (including phenoxy) is 1. The number of piperazine rings is 1. The van der Waals surface area contributed by atoms with E-state index in [9.17, 15) is 31.2 Å². The highest BCUT2D eigenvalue weighted by atomic mass is 32.3. The number of carbonyl (C=O) groups is 2. The van der Waals surface area contributed by atoms with Gasteiger partial charge in [0.15, 0.2) is 0 Å². The number of hydrogen-bond donors (Lipinski definition) is 3. The van der Waals surface area contributed by atoms with Crippen LogP contribution >= 0.6 is 12.6 Å². The Bertz CT molecular complexity index is 1010. The first-order valence-electron chi connectivity index (χ1n) is 10.1. The fourth-order valence-electron chi connectivity index (χ4n) is 3.51. The number of cyclic esters (lactones) is 1. The van der Waals surface area contributed by atoms with E-state index < -0.39 is 52.7 Å². The monoisotopic (exact) mass is 528 g/mol. The first-order valence-corrected chi connectivity index (χ1v) is 11.9. The van der Waals surface area contributed by atoms with Gasteiger partial charge < -0.3 is 14.5 Å². The first-order chi connectivity index (χ1) is 15.9. The maximum Gasteiger partial charge on any atom is 0.414 e. The Kier molecular flexibility index (Phi) is 8.51. The predicted octanol–water partition coefficient (Wildman–Crippen LogP) is 0.730. The fraction of sp³-hybridized carbons (Fsp3) is 0.556. The van der Waals surface area contributed by atoms with Crippen LogP contribution in [0, 0.1) is 5.82 Å². The molecule has 1 aromatic rings. The van der Waals surface area contributed by atoms with Crippen LogP contribution in [0.3, 0.4) is 0 Å². The number of anilines is 2. The molecule has 2 N–H and O–H groups in total. The molecule has 0 saturated carbocycles. The number of nitrogens with zero attached hydrogens (tertiary/aromatic N) is 3. The SMILES string of the molecule is O=C(COS(=O)(=O)O)N1CCN(c2ccc(N3C[C@@H](CNC(S)C(F)F)OC3=O)cc2F)CC1. The van der Waals surface area contributed by atoms with Crippen LogP contribution < -0.4 is 15.1 Å². The Morgan fingerprint density at radius 1 is 1.29 bits per heavy atom. The van der Waals surface area contributed by atoms with Crippen LogP contribution in [0.15, 0.2) is 18.2 Å². The molecule has 16 heteroatoms. The lowest BCUT2D eigenvalue weighted by Crippen LogP contribution is -2.50. The molecule has 2 saturated heterocycles. The van der Waals surface area contributed by atoms with Gasteiger partial charge in [0, 0.05) is 32.7 Å². The van der Waals surface area contributed by atoms with Gasteiger partial charge in [0.25, 0.3) is 6.43 Å². The summed E-state index contributed by atoms with van der Waals surface area (Å²) in [6.45, 7) is 0.0196. The van der Waals surface area contributed by atoms with Gasteiger partial charge in [0.2, 0.25) is 5.91 Å². The molecule has 11 nitrogen and oxygen atoms in total. The van der Waals surface area contributed by atoms with E-state index in [0.29, 0.717) is 0 Å². The van der Waals surface area contributed by atoms with Gasteiger partial charge in [0.1, 0.15) is 23.9 Å². The largest absolute Gasteiger partial charge is 0.443 e. The normalized spacial score (nSPS) is 20.1. The van der Waals surface area contributed by atoms with Crippen LogP contribution in [0.25, 0.3) is 0 Å². The van der Waals surface area contributed by atoms with E-state index >= 15 is 0 Å². The summed E-state index contributed by atoms with van der Waals surface area (Å²) in [7, 11) is -4.73. The van der Waals surface area contributed by atoms with Crippen LogP contribution in [0.5, 0.6) is 0 Å². The summed E-state index contributed by atoms with van der Waals surface area (Å²) in [6, 6.07) is 4.15. The molecule has 34 heavy (non-hydrogen) atoms. The Balaban J connectivity index is 1.55. The lowest BCUT2D eigenvalue weighted by Gasteiger charge is -2.36. The Morgan fingerprint density at radius 3 is 2.56 bits per heavy atom. The molecule has 190 valence electrons. The summed E-state index contributed by atoms with van der Waals surface area (Å²) in [4.78, 5) is 28.3. The van der Waals surface area contributed by atoms with Crippen LogP contribution in [0.4, 0.5) is 29.3 Å². The topological polar surface area (TPSA) is 129 Å². The maximum atomic E-state index is 14.8. The number of rotatable bonds is 9. The summed E-state index contributed by atoms with van der Waals surface area (Å²) in [6.07, 6.45) is -4.13. The number of halogens is 3. The maximum absolute atomic E-state index is 14.8. The van der Waals surface area contributed by atoms with Crippen molar-refractivity contribution >= 4 is 46.4 Å². The van der Waals surface area contributed by atoms with E-state index in [2.05, 4.69) is 22.1 Å². The zero-order valence-corrected chi connectivity index (χ0v) is 19.4. The van der Waals surface area contributed by atoms with Crippen molar-refractivity contribution in [2.24, 2.45) is 0 Å². The number of hydrogen-bond acceptors (Lipinski definition) is 9. The lowest BCUT2D eigenvalue weighted by molar-refractivity contribution is -0.133. The summed E-state index contributed by atoms with van der Waals surface area (Å²) in [5.41, 5.74) is 0.479. The third-order valence-corrected chi connectivity index (χ3v) is 6.04. The van der Waals surface area contributed by atoms with E-state index in [4.69, 9.17) is 9.29 Å². The first kappa shape index (κ1) is 26.3. The van der Waals surface area contributed by atoms with Crippen molar-refractivity contribution in [2.45, 2.75) is 17.9 Å². The molecule has 1 unspecified atom stereocenters. The number of carbonyl (C=O) groups excluding carboxylic acids is 2. The Hall–Kier alpha value is -2.27. The van der Waals surface area contributed by atoms with E-state index in [-0.39, 0.29) is 50.6 Å². The predicted molar refractivity (Wildman–Crippen MR) is 117 cm³/mol. The van der Waals surface area contributed by atoms with E-state index in [1.165, 1.54) is 21.9 Å². The molecule has 1 aromatic carbocycles. The summed E-state index contributed by atoms with van der Waals surface area (Å²) < 4.78 is 78.8. The number of nitrogens with one attached hydrogen (secondary N) is 1. The number of alkyl halides is 2. The van der Waals surface area contributed by atoms with Crippen LogP contribution in [-0.2, 0) is 24.1 Å². The lowest BCUT2D eigenvalue weighted by atomic mass is 10.2. The molecular formula is C18H23F3N4O7S2. The highest BCUT2D eigenvalue weighted by Crippen LogP contribution is 2.28.